The van der Waals surface area contributed by atoms with Gasteiger partial charge >= 0.3 is 5.97 Å². The number of oxime groups is 1. The third kappa shape index (κ3) is 5.48. The van der Waals surface area contributed by atoms with Gasteiger partial charge in [0.25, 0.3) is 0 Å². The monoisotopic (exact) mass is 555 g/mol. The highest BCUT2D eigenvalue weighted by Crippen LogP contribution is 2.46. The number of carbonyl (C=O) groups excluding carboxylic acids is 1. The molecule has 5 aliphatic rings. The van der Waals surface area contributed by atoms with Crippen LogP contribution in [-0.2, 0) is 23.7 Å². The van der Waals surface area contributed by atoms with Gasteiger partial charge in [-0.2, -0.15) is 0 Å². The molecule has 0 aromatic carbocycles. The van der Waals surface area contributed by atoms with E-state index in [1.165, 1.54) is 5.57 Å². The molecule has 0 saturated carbocycles. The quantitative estimate of drug-likeness (QED) is 0.193. The van der Waals surface area contributed by atoms with E-state index in [9.17, 15) is 15.1 Å². The maximum atomic E-state index is 13.9. The Morgan fingerprint density at radius 3 is 2.73 bits per heavy atom. The fourth-order valence-electron chi connectivity index (χ4n) is 7.22. The van der Waals surface area contributed by atoms with Gasteiger partial charge in [0.05, 0.1) is 18.8 Å². The summed E-state index contributed by atoms with van der Waals surface area (Å²) in [5.74, 6) is -1.60. The molecule has 5 rings (SSSR count). The molecule has 8 heteroatoms. The topological polar surface area (TPSA) is 107 Å². The number of nitrogens with zero attached hydrogens (tertiary/aromatic N) is 1. The van der Waals surface area contributed by atoms with E-state index in [1.807, 2.05) is 12.2 Å². The van der Waals surface area contributed by atoms with Gasteiger partial charge in [0.15, 0.2) is 5.79 Å². The average Bonchev–Trinajstić information content (AvgIpc) is 3.24. The van der Waals surface area contributed by atoms with E-state index in [2.05, 4.69) is 45.0 Å². The Labute approximate surface area is 237 Å². The van der Waals surface area contributed by atoms with Crippen molar-refractivity contribution in [2.45, 2.75) is 115 Å². The second kappa shape index (κ2) is 11.6. The summed E-state index contributed by atoms with van der Waals surface area (Å²) in [5, 5.41) is 25.3. The zero-order valence-electron chi connectivity index (χ0n) is 24.5. The minimum absolute atomic E-state index is 0.0940. The molecule has 0 radical (unpaired) electrons. The predicted molar refractivity (Wildman–Crippen MR) is 151 cm³/mol. The van der Waals surface area contributed by atoms with Crippen LogP contribution in [0.2, 0.25) is 0 Å². The fourth-order valence-corrected chi connectivity index (χ4v) is 7.22. The van der Waals surface area contributed by atoms with Crippen molar-refractivity contribution in [3.05, 3.63) is 47.1 Å². The Hall–Kier alpha value is -2.26. The van der Waals surface area contributed by atoms with Gasteiger partial charge in [-0.15, -0.1) is 0 Å². The van der Waals surface area contributed by atoms with Crippen LogP contribution in [0.3, 0.4) is 0 Å². The second-order valence-corrected chi connectivity index (χ2v) is 12.6. The molecule has 4 aliphatic heterocycles. The highest BCUT2D eigenvalue weighted by molar-refractivity contribution is 6.06. The summed E-state index contributed by atoms with van der Waals surface area (Å²) in [6.45, 7) is 10.5. The molecule has 0 aromatic rings. The van der Waals surface area contributed by atoms with Crippen molar-refractivity contribution in [3.8, 4) is 0 Å². The molecule has 1 aliphatic carbocycles. The summed E-state index contributed by atoms with van der Waals surface area (Å²) >= 11 is 0. The van der Waals surface area contributed by atoms with Crippen molar-refractivity contribution in [1.29, 1.82) is 0 Å². The van der Waals surface area contributed by atoms with Crippen LogP contribution in [0.4, 0.5) is 0 Å². The summed E-state index contributed by atoms with van der Waals surface area (Å²) < 4.78 is 25.5. The molecule has 2 N–H and O–H groups in total. The van der Waals surface area contributed by atoms with Crippen molar-refractivity contribution >= 4 is 11.7 Å². The molecule has 0 aromatic heterocycles. The fraction of sp³-hybridized carbons (Fsp3) is 0.688. The van der Waals surface area contributed by atoms with Crippen molar-refractivity contribution in [2.75, 3.05) is 6.61 Å². The lowest BCUT2D eigenvalue weighted by Crippen LogP contribution is -2.57. The Morgan fingerprint density at radius 1 is 1.18 bits per heavy atom. The van der Waals surface area contributed by atoms with Gasteiger partial charge in [0, 0.05) is 19.3 Å². The van der Waals surface area contributed by atoms with E-state index >= 15 is 0 Å². The van der Waals surface area contributed by atoms with Crippen molar-refractivity contribution in [3.63, 3.8) is 0 Å². The zero-order chi connectivity index (χ0) is 28.7. The first-order valence-corrected chi connectivity index (χ1v) is 14.9. The number of fused-ring (bicyclic) bond motifs is 2. The van der Waals surface area contributed by atoms with E-state index in [0.29, 0.717) is 29.9 Å². The second-order valence-electron chi connectivity index (χ2n) is 12.6. The molecule has 3 fully saturated rings. The van der Waals surface area contributed by atoms with E-state index in [-0.39, 0.29) is 30.4 Å². The first-order valence-electron chi connectivity index (χ1n) is 14.9. The Kier molecular flexibility index (Phi) is 8.44. The molecular formula is C32H45NO7. The van der Waals surface area contributed by atoms with E-state index in [0.717, 1.165) is 32.1 Å². The van der Waals surface area contributed by atoms with Gasteiger partial charge in [0.2, 0.25) is 0 Å². The molecule has 4 heterocycles. The number of allylic oxidation sites excluding steroid dienone is 4. The molecule has 8 nitrogen and oxygen atoms in total. The van der Waals surface area contributed by atoms with Gasteiger partial charge in [-0.05, 0) is 62.5 Å². The first kappa shape index (κ1) is 29.2. The predicted octanol–water partition coefficient (Wildman–Crippen LogP) is 5.39. The Morgan fingerprint density at radius 2 is 1.98 bits per heavy atom. The number of esters is 1. The molecule has 0 amide bonds. The third-order valence-corrected chi connectivity index (χ3v) is 9.45. The van der Waals surface area contributed by atoms with Crippen LogP contribution in [0.1, 0.15) is 79.6 Å². The van der Waals surface area contributed by atoms with Gasteiger partial charge in [-0.25, -0.2) is 0 Å². The summed E-state index contributed by atoms with van der Waals surface area (Å²) in [6, 6.07) is 0. The van der Waals surface area contributed by atoms with Crippen LogP contribution in [0, 0.1) is 17.8 Å². The van der Waals surface area contributed by atoms with Crippen molar-refractivity contribution in [2.24, 2.45) is 22.9 Å². The van der Waals surface area contributed by atoms with Crippen LogP contribution in [0.15, 0.2) is 52.3 Å². The number of rotatable bonds is 1. The molecule has 9 atom stereocenters. The zero-order valence-corrected chi connectivity index (χ0v) is 24.5. The number of ether oxygens (including phenoxy) is 4. The summed E-state index contributed by atoms with van der Waals surface area (Å²) in [6.07, 6.45) is 13.6. The number of carbonyl (C=O) groups is 1. The Balaban J connectivity index is 1.53. The van der Waals surface area contributed by atoms with Crippen LogP contribution in [0.5, 0.6) is 0 Å². The van der Waals surface area contributed by atoms with Crippen molar-refractivity contribution < 1.29 is 34.1 Å². The summed E-state index contributed by atoms with van der Waals surface area (Å²) in [7, 11) is 0. The molecule has 40 heavy (non-hydrogen) atoms. The molecule has 0 unspecified atom stereocenters. The molecule has 3 saturated heterocycles. The SMILES string of the molecule is CC[C@@H]1O[C@]2(CC[C@@H]1C)C[C@H]1C[C@@H](C/C=C(\C)C[C@H](C)/C=C/C=C3\CO[C@@H]4/C(=N/O)C(C)=C[C@@H](C(=O)O1)[C@]34O)O2. The molecule has 2 bridgehead atoms. The van der Waals surface area contributed by atoms with E-state index in [1.54, 1.807) is 13.0 Å². The average molecular weight is 556 g/mol. The van der Waals surface area contributed by atoms with E-state index in [4.69, 9.17) is 18.9 Å². The molecule has 220 valence electrons. The Bertz CT molecular complexity index is 1140. The van der Waals surface area contributed by atoms with Gasteiger partial charge < -0.3 is 29.3 Å². The largest absolute Gasteiger partial charge is 0.462 e. The number of aliphatic hydroxyl groups is 1. The maximum absolute atomic E-state index is 13.9. The van der Waals surface area contributed by atoms with Crippen LogP contribution < -0.4 is 0 Å². The summed E-state index contributed by atoms with van der Waals surface area (Å²) in [5.41, 5.74) is 0.922. The van der Waals surface area contributed by atoms with Gasteiger partial charge in [-0.3, -0.25) is 4.79 Å². The molecular weight excluding hydrogens is 510 g/mol. The lowest BCUT2D eigenvalue weighted by molar-refractivity contribution is -0.335. The van der Waals surface area contributed by atoms with Crippen LogP contribution in [-0.4, -0.2) is 64.4 Å². The minimum atomic E-state index is -1.72. The first-order chi connectivity index (χ1) is 19.1. The van der Waals surface area contributed by atoms with Crippen LogP contribution in [0.25, 0.3) is 0 Å². The molecule has 1 spiro atoms. The summed E-state index contributed by atoms with van der Waals surface area (Å²) in [4.78, 5) is 13.9. The minimum Gasteiger partial charge on any atom is -0.462 e. The number of hydrogen-bond donors (Lipinski definition) is 2. The lowest BCUT2D eigenvalue weighted by atomic mass is 9.71. The third-order valence-electron chi connectivity index (χ3n) is 9.45. The van der Waals surface area contributed by atoms with Crippen LogP contribution >= 0.6 is 0 Å². The van der Waals surface area contributed by atoms with Gasteiger partial charge in [0.1, 0.15) is 29.4 Å². The normalized spacial score (nSPS) is 47.0. The van der Waals surface area contributed by atoms with E-state index < -0.39 is 35.5 Å². The standard InChI is InChI=1S/C32H45NO7/c1-6-27-21(4)12-13-31(40-27)17-25-16-24(39-31)11-10-20(3)14-19(2)8-7-9-23-18-37-29-28(33-36)22(5)15-26(30(34)38-25)32(23,29)35/h7-10,15,19,21,24-27,29,35-36H,6,11-14,16-18H2,1-5H3/b8-7+,20-10+,23-9+,33-28+/t19-,21+,24-,25-,26+,27+,29-,31-,32-/m1/s1. The lowest BCUT2D eigenvalue weighted by Gasteiger charge is -2.49. The highest BCUT2D eigenvalue weighted by atomic mass is 16.7. The maximum Gasteiger partial charge on any atom is 0.316 e. The van der Waals surface area contributed by atoms with Gasteiger partial charge in [-0.1, -0.05) is 61.9 Å². The highest BCUT2D eigenvalue weighted by Gasteiger charge is 2.59. The number of hydrogen-bond acceptors (Lipinski definition) is 8. The van der Waals surface area contributed by atoms with Crippen molar-refractivity contribution in [1.82, 2.24) is 0 Å². The smallest absolute Gasteiger partial charge is 0.316 e.